The molecule has 1 fully saturated rings. The smallest absolute Gasteiger partial charge is 0.224 e. The Balaban J connectivity index is 2.06. The molecular weight excluding hydrogens is 314 g/mol. The number of benzene rings is 1. The monoisotopic (exact) mass is 331 g/mol. The molecule has 0 radical (unpaired) electrons. The Hall–Kier alpha value is -1.11. The SMILES string of the molecule is COCCC(=O)N1CCC(S(=O)(=O)c2ccc(Cl)cc2)C1. The van der Waals surface area contributed by atoms with Crippen LogP contribution in [0.2, 0.25) is 5.02 Å². The van der Waals surface area contributed by atoms with Crippen molar-refractivity contribution in [2.45, 2.75) is 23.0 Å². The van der Waals surface area contributed by atoms with Crippen LogP contribution in [-0.2, 0) is 19.4 Å². The van der Waals surface area contributed by atoms with Crippen LogP contribution in [0.3, 0.4) is 0 Å². The third kappa shape index (κ3) is 3.75. The highest BCUT2D eigenvalue weighted by atomic mass is 35.5. The van der Waals surface area contributed by atoms with Crippen molar-refractivity contribution in [2.24, 2.45) is 0 Å². The van der Waals surface area contributed by atoms with Gasteiger partial charge in [0.15, 0.2) is 9.84 Å². The van der Waals surface area contributed by atoms with Crippen LogP contribution in [-0.4, -0.2) is 51.3 Å². The second kappa shape index (κ2) is 6.77. The number of hydrogen-bond acceptors (Lipinski definition) is 4. The highest BCUT2D eigenvalue weighted by Gasteiger charge is 2.35. The van der Waals surface area contributed by atoms with E-state index in [1.165, 1.54) is 19.2 Å². The van der Waals surface area contributed by atoms with Crippen molar-refractivity contribution in [3.63, 3.8) is 0 Å². The lowest BCUT2D eigenvalue weighted by Gasteiger charge is -2.16. The number of carbonyl (C=O) groups excluding carboxylic acids is 1. The second-order valence-electron chi connectivity index (χ2n) is 4.99. The molecule has 5 nitrogen and oxygen atoms in total. The highest BCUT2D eigenvalue weighted by molar-refractivity contribution is 7.92. The van der Waals surface area contributed by atoms with Crippen LogP contribution in [0.15, 0.2) is 29.2 Å². The summed E-state index contributed by atoms with van der Waals surface area (Å²) in [6.07, 6.45) is 0.744. The van der Waals surface area contributed by atoms with Crippen LogP contribution in [0.4, 0.5) is 0 Å². The lowest BCUT2D eigenvalue weighted by molar-refractivity contribution is -0.131. The van der Waals surface area contributed by atoms with Gasteiger partial charge in [0.05, 0.1) is 23.2 Å². The van der Waals surface area contributed by atoms with E-state index in [1.54, 1.807) is 17.0 Å². The molecule has 1 aromatic carbocycles. The Morgan fingerprint density at radius 3 is 2.67 bits per heavy atom. The van der Waals surface area contributed by atoms with Crippen molar-refractivity contribution in [3.05, 3.63) is 29.3 Å². The van der Waals surface area contributed by atoms with E-state index >= 15 is 0 Å². The Morgan fingerprint density at radius 1 is 1.38 bits per heavy atom. The van der Waals surface area contributed by atoms with Gasteiger partial charge in [-0.3, -0.25) is 4.79 Å². The van der Waals surface area contributed by atoms with E-state index < -0.39 is 15.1 Å². The Labute approximate surface area is 129 Å². The first-order valence-electron chi connectivity index (χ1n) is 6.71. The molecule has 7 heteroatoms. The lowest BCUT2D eigenvalue weighted by atomic mass is 10.4. The summed E-state index contributed by atoms with van der Waals surface area (Å²) in [7, 11) is -1.89. The number of halogens is 1. The number of ether oxygens (including phenoxy) is 1. The van der Waals surface area contributed by atoms with E-state index in [-0.39, 0.29) is 23.8 Å². The zero-order valence-corrected chi connectivity index (χ0v) is 13.4. The standard InChI is InChI=1S/C14H18ClNO4S/c1-20-9-7-14(17)16-8-6-13(10-16)21(18,19)12-4-2-11(15)3-5-12/h2-5,13H,6-10H2,1H3. The molecule has 1 aromatic rings. The van der Waals surface area contributed by atoms with Gasteiger partial charge in [0.25, 0.3) is 0 Å². The van der Waals surface area contributed by atoms with Crippen LogP contribution < -0.4 is 0 Å². The molecule has 1 aliphatic heterocycles. The van der Waals surface area contributed by atoms with E-state index in [1.807, 2.05) is 0 Å². The van der Waals surface area contributed by atoms with Crippen LogP contribution in [0.1, 0.15) is 12.8 Å². The minimum Gasteiger partial charge on any atom is -0.384 e. The molecule has 0 aliphatic carbocycles. The molecule has 1 atom stereocenters. The normalized spacial score (nSPS) is 19.0. The minimum atomic E-state index is -3.43. The molecule has 0 saturated carbocycles. The van der Waals surface area contributed by atoms with Crippen molar-refractivity contribution in [2.75, 3.05) is 26.8 Å². The summed E-state index contributed by atoms with van der Waals surface area (Å²) in [6, 6.07) is 6.13. The first-order chi connectivity index (χ1) is 9.95. The number of nitrogens with zero attached hydrogens (tertiary/aromatic N) is 1. The van der Waals surface area contributed by atoms with E-state index in [0.29, 0.717) is 24.6 Å². The summed E-state index contributed by atoms with van der Waals surface area (Å²) in [5, 5.41) is -0.0538. The predicted octanol–water partition coefficient (Wildman–Crippen LogP) is 1.75. The van der Waals surface area contributed by atoms with Gasteiger partial charge in [0, 0.05) is 25.2 Å². The molecular formula is C14H18ClNO4S. The Kier molecular flexibility index (Phi) is 5.24. The highest BCUT2D eigenvalue weighted by Crippen LogP contribution is 2.25. The largest absolute Gasteiger partial charge is 0.384 e. The first-order valence-corrected chi connectivity index (χ1v) is 8.63. The molecule has 1 amide bonds. The van der Waals surface area contributed by atoms with E-state index in [4.69, 9.17) is 16.3 Å². The maximum Gasteiger partial charge on any atom is 0.224 e. The van der Waals surface area contributed by atoms with Crippen LogP contribution >= 0.6 is 11.6 Å². The van der Waals surface area contributed by atoms with Gasteiger partial charge >= 0.3 is 0 Å². The summed E-state index contributed by atoms with van der Waals surface area (Å²) in [5.74, 6) is -0.0642. The summed E-state index contributed by atoms with van der Waals surface area (Å²) < 4.78 is 29.9. The van der Waals surface area contributed by atoms with Crippen molar-refractivity contribution in [1.82, 2.24) is 4.90 Å². The lowest BCUT2D eigenvalue weighted by Crippen LogP contribution is -2.32. The molecule has 1 heterocycles. The zero-order chi connectivity index (χ0) is 15.5. The maximum atomic E-state index is 12.5. The minimum absolute atomic E-state index is 0.0642. The van der Waals surface area contributed by atoms with Gasteiger partial charge in [-0.15, -0.1) is 0 Å². The number of likely N-dealkylation sites (tertiary alicyclic amines) is 1. The van der Waals surface area contributed by atoms with Crippen LogP contribution in [0.25, 0.3) is 0 Å². The number of sulfone groups is 1. The molecule has 0 bridgehead atoms. The second-order valence-corrected chi connectivity index (χ2v) is 7.66. The van der Waals surface area contributed by atoms with Gasteiger partial charge in [-0.2, -0.15) is 0 Å². The molecule has 1 saturated heterocycles. The fraction of sp³-hybridized carbons (Fsp3) is 0.500. The van der Waals surface area contributed by atoms with Crippen molar-refractivity contribution < 1.29 is 17.9 Å². The van der Waals surface area contributed by atoms with Crippen molar-refractivity contribution in [1.29, 1.82) is 0 Å². The predicted molar refractivity (Wildman–Crippen MR) is 80.1 cm³/mol. The molecule has 1 unspecified atom stereocenters. The van der Waals surface area contributed by atoms with E-state index in [2.05, 4.69) is 0 Å². The summed E-state index contributed by atoms with van der Waals surface area (Å²) >= 11 is 5.78. The maximum absolute atomic E-state index is 12.5. The molecule has 1 aliphatic rings. The van der Waals surface area contributed by atoms with Gasteiger partial charge < -0.3 is 9.64 Å². The van der Waals surface area contributed by atoms with Crippen molar-refractivity contribution in [3.8, 4) is 0 Å². The zero-order valence-electron chi connectivity index (χ0n) is 11.8. The van der Waals surface area contributed by atoms with Gasteiger partial charge in [-0.1, -0.05) is 11.6 Å². The Morgan fingerprint density at radius 2 is 2.05 bits per heavy atom. The van der Waals surface area contributed by atoms with E-state index in [9.17, 15) is 13.2 Å². The van der Waals surface area contributed by atoms with Gasteiger partial charge in [0.2, 0.25) is 5.91 Å². The quantitative estimate of drug-likeness (QED) is 0.824. The molecule has 0 N–H and O–H groups in total. The molecule has 21 heavy (non-hydrogen) atoms. The molecule has 0 aromatic heterocycles. The third-order valence-corrected chi connectivity index (χ3v) is 6.04. The fourth-order valence-corrected chi connectivity index (χ4v) is 4.19. The Bertz CT molecular complexity index is 600. The summed E-state index contributed by atoms with van der Waals surface area (Å²) in [5.41, 5.74) is 0. The topological polar surface area (TPSA) is 63.7 Å². The first kappa shape index (κ1) is 16.3. The number of amides is 1. The summed E-state index contributed by atoms with van der Waals surface area (Å²) in [6.45, 7) is 1.07. The molecule has 2 rings (SSSR count). The fourth-order valence-electron chi connectivity index (χ4n) is 2.37. The van der Waals surface area contributed by atoms with Crippen molar-refractivity contribution >= 4 is 27.3 Å². The van der Waals surface area contributed by atoms with Gasteiger partial charge in [0.1, 0.15) is 0 Å². The summed E-state index contributed by atoms with van der Waals surface area (Å²) in [4.78, 5) is 13.7. The number of carbonyl (C=O) groups is 1. The van der Waals surface area contributed by atoms with Gasteiger partial charge in [-0.25, -0.2) is 8.42 Å². The average Bonchev–Trinajstić information content (AvgIpc) is 2.96. The third-order valence-electron chi connectivity index (χ3n) is 3.60. The number of hydrogen-bond donors (Lipinski definition) is 0. The van der Waals surface area contributed by atoms with Crippen LogP contribution in [0, 0.1) is 0 Å². The van der Waals surface area contributed by atoms with E-state index in [0.717, 1.165) is 0 Å². The van der Waals surface area contributed by atoms with Crippen LogP contribution in [0.5, 0.6) is 0 Å². The number of methoxy groups -OCH3 is 1. The average molecular weight is 332 g/mol. The van der Waals surface area contributed by atoms with Gasteiger partial charge in [-0.05, 0) is 30.7 Å². The molecule has 0 spiro atoms. The number of rotatable bonds is 5. The molecule has 116 valence electrons.